The van der Waals surface area contributed by atoms with Crippen LogP contribution in [0.3, 0.4) is 0 Å². The summed E-state index contributed by atoms with van der Waals surface area (Å²) in [5.41, 5.74) is 1.68. The molecule has 8 heteroatoms. The molecule has 2 aromatic heterocycles. The molecule has 0 fully saturated rings. The van der Waals surface area contributed by atoms with Crippen LogP contribution in [-0.4, -0.2) is 30.1 Å². The number of nitrogens with one attached hydrogen (secondary N) is 3. The second-order valence-electron chi connectivity index (χ2n) is 4.64. The molecule has 0 radical (unpaired) electrons. The van der Waals surface area contributed by atoms with Crippen LogP contribution in [0, 0.1) is 6.92 Å². The highest BCUT2D eigenvalue weighted by atomic mass is 32.2. The summed E-state index contributed by atoms with van der Waals surface area (Å²) in [6, 6.07) is 3.35. The van der Waals surface area contributed by atoms with Gasteiger partial charge in [-0.05, 0) is 32.0 Å². The molecular formula is C13H19N5O2S. The van der Waals surface area contributed by atoms with Crippen molar-refractivity contribution in [3.63, 3.8) is 0 Å². The Bertz CT molecular complexity index is 696. The quantitative estimate of drug-likeness (QED) is 0.672. The average molecular weight is 309 g/mol. The predicted molar refractivity (Wildman–Crippen MR) is 80.4 cm³/mol. The molecule has 0 unspecified atom stereocenters. The van der Waals surface area contributed by atoms with Crippen molar-refractivity contribution in [2.45, 2.75) is 31.8 Å². The van der Waals surface area contributed by atoms with E-state index >= 15 is 0 Å². The number of pyridine rings is 1. The number of aryl methyl sites for hydroxylation is 1. The van der Waals surface area contributed by atoms with Crippen molar-refractivity contribution < 1.29 is 8.42 Å². The molecule has 0 bridgehead atoms. The molecule has 2 heterocycles. The zero-order valence-electron chi connectivity index (χ0n) is 12.0. The first-order chi connectivity index (χ1) is 10.0. The van der Waals surface area contributed by atoms with Crippen molar-refractivity contribution in [1.29, 1.82) is 0 Å². The van der Waals surface area contributed by atoms with E-state index in [1.807, 2.05) is 6.92 Å². The maximum Gasteiger partial charge on any atom is 0.279 e. The molecule has 21 heavy (non-hydrogen) atoms. The molecule has 0 aromatic carbocycles. The summed E-state index contributed by atoms with van der Waals surface area (Å²) in [4.78, 5) is 4.06. The van der Waals surface area contributed by atoms with Gasteiger partial charge in [0.2, 0.25) is 0 Å². The molecule has 7 nitrogen and oxygen atoms in total. The summed E-state index contributed by atoms with van der Waals surface area (Å²) in [6.45, 7) is 5.06. The number of aromatic nitrogens is 3. The fourth-order valence-corrected chi connectivity index (χ4v) is 3.10. The van der Waals surface area contributed by atoms with E-state index in [1.165, 1.54) is 6.20 Å². The van der Waals surface area contributed by atoms with Gasteiger partial charge in [0.1, 0.15) is 0 Å². The summed E-state index contributed by atoms with van der Waals surface area (Å²) in [5, 5.41) is 9.62. The molecule has 2 rings (SSSR count). The maximum absolute atomic E-state index is 12.4. The van der Waals surface area contributed by atoms with Crippen LogP contribution in [0.2, 0.25) is 0 Å². The van der Waals surface area contributed by atoms with Crippen molar-refractivity contribution in [3.8, 4) is 0 Å². The number of nitrogens with zero attached hydrogens (tertiary/aromatic N) is 2. The van der Waals surface area contributed by atoms with Gasteiger partial charge in [0.15, 0.2) is 5.03 Å². The van der Waals surface area contributed by atoms with Crippen LogP contribution in [0.1, 0.15) is 24.6 Å². The maximum atomic E-state index is 12.4. The lowest BCUT2D eigenvalue weighted by molar-refractivity contribution is 0.593. The van der Waals surface area contributed by atoms with E-state index in [9.17, 15) is 8.42 Å². The highest BCUT2D eigenvalue weighted by Crippen LogP contribution is 2.18. The first-order valence-corrected chi connectivity index (χ1v) is 8.20. The van der Waals surface area contributed by atoms with Gasteiger partial charge in [0, 0.05) is 18.3 Å². The Hall–Kier alpha value is -1.93. The third kappa shape index (κ3) is 3.79. The number of hydrogen-bond donors (Lipinski definition) is 3. The minimum Gasteiger partial charge on any atom is -0.313 e. The third-order valence-corrected chi connectivity index (χ3v) is 4.32. The first-order valence-electron chi connectivity index (χ1n) is 6.72. The SMILES string of the molecule is CCCNCc1cn[nH]c1S(=O)(=O)Nc1cccnc1C. The fraction of sp³-hybridized carbons (Fsp3) is 0.385. The fourth-order valence-electron chi connectivity index (χ4n) is 1.85. The van der Waals surface area contributed by atoms with Gasteiger partial charge in [0.05, 0.1) is 17.6 Å². The topological polar surface area (TPSA) is 99.8 Å². The monoisotopic (exact) mass is 309 g/mol. The summed E-state index contributed by atoms with van der Waals surface area (Å²) >= 11 is 0. The molecule has 0 aliphatic carbocycles. The Morgan fingerprint density at radius 2 is 2.19 bits per heavy atom. The Kier molecular flexibility index (Phi) is 4.92. The van der Waals surface area contributed by atoms with E-state index in [0.717, 1.165) is 13.0 Å². The number of H-pyrrole nitrogens is 1. The number of rotatable bonds is 7. The van der Waals surface area contributed by atoms with Crippen LogP contribution >= 0.6 is 0 Å². The molecule has 2 aromatic rings. The highest BCUT2D eigenvalue weighted by molar-refractivity contribution is 7.92. The van der Waals surface area contributed by atoms with Crippen molar-refractivity contribution in [2.75, 3.05) is 11.3 Å². The van der Waals surface area contributed by atoms with Crippen LogP contribution < -0.4 is 10.0 Å². The number of sulfonamides is 1. The Morgan fingerprint density at radius 1 is 1.38 bits per heavy atom. The Morgan fingerprint density at radius 3 is 2.90 bits per heavy atom. The van der Waals surface area contributed by atoms with Gasteiger partial charge >= 0.3 is 0 Å². The minimum atomic E-state index is -3.71. The van der Waals surface area contributed by atoms with Gasteiger partial charge in [-0.3, -0.25) is 14.8 Å². The zero-order valence-corrected chi connectivity index (χ0v) is 12.9. The van der Waals surface area contributed by atoms with Crippen LogP contribution in [-0.2, 0) is 16.6 Å². The summed E-state index contributed by atoms with van der Waals surface area (Å²) in [5.74, 6) is 0. The number of hydrogen-bond acceptors (Lipinski definition) is 5. The zero-order chi connectivity index (χ0) is 15.3. The summed E-state index contributed by atoms with van der Waals surface area (Å²) in [7, 11) is -3.71. The number of anilines is 1. The smallest absolute Gasteiger partial charge is 0.279 e. The van der Waals surface area contributed by atoms with Crippen molar-refractivity contribution in [3.05, 3.63) is 35.8 Å². The van der Waals surface area contributed by atoms with Crippen LogP contribution in [0.15, 0.2) is 29.6 Å². The summed E-state index contributed by atoms with van der Waals surface area (Å²) in [6.07, 6.45) is 4.11. The molecule has 3 N–H and O–H groups in total. The standard InChI is InChI=1S/C13H19N5O2S/c1-3-6-14-8-11-9-16-17-13(11)21(19,20)18-12-5-4-7-15-10(12)2/h4-5,7,9,14,18H,3,6,8H2,1-2H3,(H,16,17). The van der Waals surface area contributed by atoms with Gasteiger partial charge in [0.25, 0.3) is 10.0 Å². The van der Waals surface area contributed by atoms with Gasteiger partial charge in [-0.2, -0.15) is 13.5 Å². The van der Waals surface area contributed by atoms with Crippen LogP contribution in [0.5, 0.6) is 0 Å². The van der Waals surface area contributed by atoms with Gasteiger partial charge < -0.3 is 5.32 Å². The van der Waals surface area contributed by atoms with Crippen molar-refractivity contribution >= 4 is 15.7 Å². The Labute approximate surface area is 124 Å². The van der Waals surface area contributed by atoms with E-state index < -0.39 is 10.0 Å². The summed E-state index contributed by atoms with van der Waals surface area (Å²) < 4.78 is 27.4. The molecule has 114 valence electrons. The molecule has 0 aliphatic rings. The minimum absolute atomic E-state index is 0.0781. The lowest BCUT2D eigenvalue weighted by Crippen LogP contribution is -2.19. The Balaban J connectivity index is 2.20. The van der Waals surface area contributed by atoms with Gasteiger partial charge in [-0.15, -0.1) is 0 Å². The molecule has 0 saturated carbocycles. The van der Waals surface area contributed by atoms with Gasteiger partial charge in [-0.1, -0.05) is 6.92 Å². The van der Waals surface area contributed by atoms with Crippen LogP contribution in [0.4, 0.5) is 5.69 Å². The molecule has 0 amide bonds. The lowest BCUT2D eigenvalue weighted by Gasteiger charge is -2.10. The van der Waals surface area contributed by atoms with E-state index in [1.54, 1.807) is 25.3 Å². The second-order valence-corrected chi connectivity index (χ2v) is 6.26. The van der Waals surface area contributed by atoms with Crippen LogP contribution in [0.25, 0.3) is 0 Å². The molecule has 0 spiro atoms. The highest BCUT2D eigenvalue weighted by Gasteiger charge is 2.21. The van der Waals surface area contributed by atoms with E-state index in [2.05, 4.69) is 25.2 Å². The molecular weight excluding hydrogens is 290 g/mol. The average Bonchev–Trinajstić information content (AvgIpc) is 2.91. The second kappa shape index (κ2) is 6.68. The number of aromatic amines is 1. The van der Waals surface area contributed by atoms with Crippen molar-refractivity contribution in [1.82, 2.24) is 20.5 Å². The largest absolute Gasteiger partial charge is 0.313 e. The predicted octanol–water partition coefficient (Wildman–Crippen LogP) is 1.41. The molecule has 0 aliphatic heterocycles. The van der Waals surface area contributed by atoms with E-state index in [4.69, 9.17) is 0 Å². The normalized spacial score (nSPS) is 11.5. The third-order valence-electron chi connectivity index (χ3n) is 2.94. The first kappa shape index (κ1) is 15.5. The lowest BCUT2D eigenvalue weighted by atomic mass is 10.3. The van der Waals surface area contributed by atoms with Crippen molar-refractivity contribution in [2.24, 2.45) is 0 Å². The molecule has 0 saturated heterocycles. The molecule has 0 atom stereocenters. The van der Waals surface area contributed by atoms with Gasteiger partial charge in [-0.25, -0.2) is 0 Å². The van der Waals surface area contributed by atoms with E-state index in [-0.39, 0.29) is 5.03 Å². The van der Waals surface area contributed by atoms with E-state index in [0.29, 0.717) is 23.5 Å².